The fraction of sp³-hybridized carbons (Fsp3) is 0.786. The first-order valence-corrected chi connectivity index (χ1v) is 7.10. The molecule has 0 aliphatic carbocycles. The molecule has 20 heavy (non-hydrogen) atoms. The highest BCUT2D eigenvalue weighted by Crippen LogP contribution is 2.27. The SMILES string of the molecule is CCOCCCC(O)c1c(OC)cnn1CCN(C)C. The molecule has 1 atom stereocenters. The number of aliphatic hydroxyl groups excluding tert-OH is 1. The second-order valence-corrected chi connectivity index (χ2v) is 4.98. The van der Waals surface area contributed by atoms with Crippen molar-refractivity contribution in [2.24, 2.45) is 0 Å². The molecule has 0 amide bonds. The average Bonchev–Trinajstić information content (AvgIpc) is 2.84. The summed E-state index contributed by atoms with van der Waals surface area (Å²) in [5.41, 5.74) is 0.755. The number of aromatic nitrogens is 2. The van der Waals surface area contributed by atoms with E-state index >= 15 is 0 Å². The van der Waals surface area contributed by atoms with Crippen LogP contribution in [0.1, 0.15) is 31.6 Å². The van der Waals surface area contributed by atoms with Crippen molar-refractivity contribution < 1.29 is 14.6 Å². The van der Waals surface area contributed by atoms with Gasteiger partial charge in [0.15, 0.2) is 5.75 Å². The Bertz CT molecular complexity index is 380. The lowest BCUT2D eigenvalue weighted by Crippen LogP contribution is -2.21. The first-order chi connectivity index (χ1) is 9.60. The number of methoxy groups -OCH3 is 1. The third-order valence-electron chi connectivity index (χ3n) is 3.11. The fourth-order valence-corrected chi connectivity index (χ4v) is 2.00. The third kappa shape index (κ3) is 5.11. The van der Waals surface area contributed by atoms with Crippen molar-refractivity contribution >= 4 is 0 Å². The summed E-state index contributed by atoms with van der Waals surface area (Å²) in [6.45, 7) is 4.94. The zero-order valence-electron chi connectivity index (χ0n) is 13.0. The number of ether oxygens (including phenoxy) is 2. The summed E-state index contributed by atoms with van der Waals surface area (Å²) in [6.07, 6.45) is 2.55. The lowest BCUT2D eigenvalue weighted by atomic mass is 10.1. The van der Waals surface area contributed by atoms with E-state index in [0.29, 0.717) is 25.4 Å². The first-order valence-electron chi connectivity index (χ1n) is 7.10. The van der Waals surface area contributed by atoms with Crippen LogP contribution in [0.15, 0.2) is 6.20 Å². The predicted molar refractivity (Wildman–Crippen MR) is 78.0 cm³/mol. The number of aliphatic hydroxyl groups is 1. The highest BCUT2D eigenvalue weighted by atomic mass is 16.5. The number of hydrogen-bond acceptors (Lipinski definition) is 5. The second kappa shape index (κ2) is 8.94. The molecular weight excluding hydrogens is 258 g/mol. The van der Waals surface area contributed by atoms with Gasteiger partial charge in [0.05, 0.1) is 26.0 Å². The molecule has 0 saturated carbocycles. The molecule has 0 bridgehead atoms. The van der Waals surface area contributed by atoms with Crippen LogP contribution >= 0.6 is 0 Å². The first kappa shape index (κ1) is 16.9. The molecule has 1 aromatic rings. The smallest absolute Gasteiger partial charge is 0.162 e. The lowest BCUT2D eigenvalue weighted by Gasteiger charge is -2.16. The van der Waals surface area contributed by atoms with Crippen molar-refractivity contribution in [2.45, 2.75) is 32.4 Å². The molecule has 0 saturated heterocycles. The van der Waals surface area contributed by atoms with Gasteiger partial charge in [-0.15, -0.1) is 0 Å². The number of hydrogen-bond donors (Lipinski definition) is 1. The van der Waals surface area contributed by atoms with Crippen LogP contribution in [0.5, 0.6) is 5.75 Å². The summed E-state index contributed by atoms with van der Waals surface area (Å²) >= 11 is 0. The average molecular weight is 285 g/mol. The summed E-state index contributed by atoms with van der Waals surface area (Å²) in [5, 5.41) is 14.7. The van der Waals surface area contributed by atoms with Gasteiger partial charge in [0.25, 0.3) is 0 Å². The molecule has 0 spiro atoms. The standard InChI is InChI=1S/C14H27N3O3/c1-5-20-10-6-7-12(18)14-13(19-4)11-15-17(14)9-8-16(2)3/h11-12,18H,5-10H2,1-4H3. The van der Waals surface area contributed by atoms with Gasteiger partial charge in [-0.1, -0.05) is 0 Å². The summed E-state index contributed by atoms with van der Waals surface area (Å²) in [6, 6.07) is 0. The third-order valence-corrected chi connectivity index (χ3v) is 3.11. The fourth-order valence-electron chi connectivity index (χ4n) is 2.00. The zero-order chi connectivity index (χ0) is 15.0. The van der Waals surface area contributed by atoms with Gasteiger partial charge in [0, 0.05) is 19.8 Å². The molecule has 1 unspecified atom stereocenters. The van der Waals surface area contributed by atoms with Crippen LogP contribution in [-0.2, 0) is 11.3 Å². The maximum Gasteiger partial charge on any atom is 0.162 e. The maximum absolute atomic E-state index is 10.4. The van der Waals surface area contributed by atoms with Crippen LogP contribution < -0.4 is 4.74 Å². The lowest BCUT2D eigenvalue weighted by molar-refractivity contribution is 0.108. The Morgan fingerprint density at radius 2 is 2.20 bits per heavy atom. The van der Waals surface area contributed by atoms with E-state index in [0.717, 1.165) is 25.2 Å². The van der Waals surface area contributed by atoms with Crippen LogP contribution in [0.25, 0.3) is 0 Å². The van der Waals surface area contributed by atoms with Gasteiger partial charge in [-0.25, -0.2) is 0 Å². The van der Waals surface area contributed by atoms with Crippen molar-refractivity contribution in [3.05, 3.63) is 11.9 Å². The predicted octanol–water partition coefficient (Wildman–Crippen LogP) is 1.30. The van der Waals surface area contributed by atoms with Crippen molar-refractivity contribution in [2.75, 3.05) is 41.0 Å². The molecule has 1 rings (SSSR count). The summed E-state index contributed by atoms with van der Waals surface area (Å²) in [4.78, 5) is 2.08. The Morgan fingerprint density at radius 3 is 2.80 bits per heavy atom. The molecule has 0 aliphatic heterocycles. The van der Waals surface area contributed by atoms with E-state index in [-0.39, 0.29) is 0 Å². The van der Waals surface area contributed by atoms with Crippen LogP contribution in [0.3, 0.4) is 0 Å². The molecule has 0 fully saturated rings. The summed E-state index contributed by atoms with van der Waals surface area (Å²) < 4.78 is 12.4. The second-order valence-electron chi connectivity index (χ2n) is 4.98. The van der Waals surface area contributed by atoms with Crippen molar-refractivity contribution in [3.63, 3.8) is 0 Å². The number of likely N-dealkylation sites (N-methyl/N-ethyl adjacent to an activating group) is 1. The number of nitrogens with zero attached hydrogens (tertiary/aromatic N) is 3. The molecule has 6 nitrogen and oxygen atoms in total. The molecule has 0 aliphatic rings. The van der Waals surface area contributed by atoms with Crippen molar-refractivity contribution in [1.82, 2.24) is 14.7 Å². The highest BCUT2D eigenvalue weighted by Gasteiger charge is 2.19. The van der Waals surface area contributed by atoms with Gasteiger partial charge in [0.1, 0.15) is 5.69 Å². The van der Waals surface area contributed by atoms with Gasteiger partial charge in [0.2, 0.25) is 0 Å². The van der Waals surface area contributed by atoms with Crippen molar-refractivity contribution in [3.8, 4) is 5.75 Å². The van der Waals surface area contributed by atoms with Crippen molar-refractivity contribution in [1.29, 1.82) is 0 Å². The van der Waals surface area contributed by atoms with Crippen LogP contribution in [0.2, 0.25) is 0 Å². The van der Waals surface area contributed by atoms with E-state index < -0.39 is 6.10 Å². The Kier molecular flexibility index (Phi) is 7.58. The van der Waals surface area contributed by atoms with Gasteiger partial charge in [-0.2, -0.15) is 5.10 Å². The van der Waals surface area contributed by atoms with E-state index in [2.05, 4.69) is 10.00 Å². The van der Waals surface area contributed by atoms with Gasteiger partial charge < -0.3 is 19.5 Å². The molecule has 0 aromatic carbocycles. The van der Waals surface area contributed by atoms with Gasteiger partial charge in [-0.3, -0.25) is 4.68 Å². The molecule has 6 heteroatoms. The van der Waals surface area contributed by atoms with E-state index in [1.807, 2.05) is 25.7 Å². The van der Waals surface area contributed by atoms with Crippen LogP contribution in [0, 0.1) is 0 Å². The largest absolute Gasteiger partial charge is 0.493 e. The Balaban J connectivity index is 2.66. The quantitative estimate of drug-likeness (QED) is 0.657. The molecular formula is C14H27N3O3. The topological polar surface area (TPSA) is 59.8 Å². The monoisotopic (exact) mass is 285 g/mol. The van der Waals surface area contributed by atoms with E-state index in [1.165, 1.54) is 0 Å². The molecule has 1 N–H and O–H groups in total. The maximum atomic E-state index is 10.4. The Morgan fingerprint density at radius 1 is 1.45 bits per heavy atom. The van der Waals surface area contributed by atoms with E-state index in [9.17, 15) is 5.11 Å². The normalized spacial score (nSPS) is 12.9. The molecule has 1 heterocycles. The minimum atomic E-state index is -0.574. The van der Waals surface area contributed by atoms with Gasteiger partial charge >= 0.3 is 0 Å². The van der Waals surface area contributed by atoms with Gasteiger partial charge in [-0.05, 0) is 33.9 Å². The Hall–Kier alpha value is -1.11. The minimum absolute atomic E-state index is 0.574. The van der Waals surface area contributed by atoms with E-state index in [4.69, 9.17) is 9.47 Å². The molecule has 1 aromatic heterocycles. The minimum Gasteiger partial charge on any atom is -0.493 e. The Labute approximate surface area is 121 Å². The zero-order valence-corrected chi connectivity index (χ0v) is 13.0. The number of rotatable bonds is 10. The summed E-state index contributed by atoms with van der Waals surface area (Å²) in [7, 11) is 5.63. The highest BCUT2D eigenvalue weighted by molar-refractivity contribution is 5.27. The summed E-state index contributed by atoms with van der Waals surface area (Å²) in [5.74, 6) is 0.646. The van der Waals surface area contributed by atoms with Crippen LogP contribution in [0.4, 0.5) is 0 Å². The molecule has 0 radical (unpaired) electrons. The van der Waals surface area contributed by atoms with Crippen LogP contribution in [-0.4, -0.2) is 60.8 Å². The van der Waals surface area contributed by atoms with E-state index in [1.54, 1.807) is 13.3 Å². The molecule has 116 valence electrons.